The molecule has 0 rings (SSSR count). The van der Waals surface area contributed by atoms with Gasteiger partial charge in [0.05, 0.1) is 84.7 Å². The number of rotatable bonds is 27. The summed E-state index contributed by atoms with van der Waals surface area (Å²) in [5.74, 6) is -0.578. The largest absolute Gasteiger partial charge is 0.495 e. The summed E-state index contributed by atoms with van der Waals surface area (Å²) in [6.45, 7) is -2.97. The van der Waals surface area contributed by atoms with Gasteiger partial charge in [-0.25, -0.2) is 9.47 Å². The Balaban J connectivity index is 4.15. The number of hydrogen-bond donors (Lipinski definition) is 3. The summed E-state index contributed by atoms with van der Waals surface area (Å²) in [7, 11) is 0. The van der Waals surface area contributed by atoms with Gasteiger partial charge in [-0.2, -0.15) is 22.8 Å². The second-order valence-electron chi connectivity index (χ2n) is 7.88. The van der Waals surface area contributed by atoms with Gasteiger partial charge >= 0.3 is 18.5 Å². The summed E-state index contributed by atoms with van der Waals surface area (Å²) in [4.78, 5) is 0. The van der Waals surface area contributed by atoms with E-state index < -0.39 is 69.7 Å². The van der Waals surface area contributed by atoms with Gasteiger partial charge in [0.15, 0.2) is 0 Å². The monoisotopic (exact) mass is 603 g/mol. The maximum Gasteiger partial charge on any atom is 0.495 e. The summed E-state index contributed by atoms with van der Waals surface area (Å²) < 4.78 is 116. The summed E-state index contributed by atoms with van der Waals surface area (Å²) in [6, 6.07) is 1.96. The Morgan fingerprint density at radius 2 is 1.18 bits per heavy atom. The van der Waals surface area contributed by atoms with E-state index in [0.717, 1.165) is 0 Å². The van der Waals surface area contributed by atoms with Gasteiger partial charge in [0, 0.05) is 0 Å². The average molecular weight is 604 g/mol. The molecule has 0 aromatic heterocycles. The van der Waals surface area contributed by atoms with Crippen molar-refractivity contribution in [2.75, 3.05) is 85.9 Å². The molecular formula is C22H35F6NO11. The van der Waals surface area contributed by atoms with Crippen LogP contribution in [-0.2, 0) is 37.9 Å². The van der Waals surface area contributed by atoms with Crippen molar-refractivity contribution in [2.45, 2.75) is 30.7 Å². The average Bonchev–Trinajstić information content (AvgIpc) is 2.83. The van der Waals surface area contributed by atoms with Crippen LogP contribution in [0.3, 0.4) is 0 Å². The predicted octanol–water partition coefficient (Wildman–Crippen LogP) is 0.895. The summed E-state index contributed by atoms with van der Waals surface area (Å²) in [5, 5.41) is 36.5. The van der Waals surface area contributed by atoms with Crippen molar-refractivity contribution in [3.63, 3.8) is 0 Å². The number of nitrogens with zero attached hydrogens (tertiary/aromatic N) is 1. The zero-order valence-electron chi connectivity index (χ0n) is 21.5. The van der Waals surface area contributed by atoms with Gasteiger partial charge in [0.1, 0.15) is 25.4 Å². The third-order valence-corrected chi connectivity index (χ3v) is 3.98. The fraction of sp³-hybridized carbons (Fsp3) is 0.864. The van der Waals surface area contributed by atoms with E-state index in [1.807, 2.05) is 6.07 Å². The molecule has 0 heterocycles. The topological polar surface area (TPSA) is 158 Å². The maximum atomic E-state index is 13.6. The van der Waals surface area contributed by atoms with E-state index in [1.54, 1.807) is 0 Å². The molecule has 0 aliphatic heterocycles. The molecule has 0 aromatic carbocycles. The molecule has 18 heteroatoms. The number of ether oxygens (including phenoxy) is 8. The Bertz CT molecular complexity index is 703. The number of nitriles is 1. The molecule has 0 amide bonds. The van der Waals surface area contributed by atoms with Gasteiger partial charge < -0.3 is 43.7 Å². The van der Waals surface area contributed by atoms with Crippen LogP contribution in [0.25, 0.3) is 0 Å². The first kappa shape index (κ1) is 38.4. The summed E-state index contributed by atoms with van der Waals surface area (Å²) in [5.41, 5.74) is 0. The quantitative estimate of drug-likeness (QED) is 0.0528. The van der Waals surface area contributed by atoms with E-state index in [-0.39, 0.29) is 52.9 Å². The van der Waals surface area contributed by atoms with E-state index in [2.05, 4.69) is 25.5 Å². The summed E-state index contributed by atoms with van der Waals surface area (Å²) >= 11 is 0. The first-order chi connectivity index (χ1) is 18.8. The first-order valence-corrected chi connectivity index (χ1v) is 11.7. The molecule has 0 aliphatic carbocycles. The van der Waals surface area contributed by atoms with E-state index in [0.29, 0.717) is 0 Å². The van der Waals surface area contributed by atoms with Gasteiger partial charge in [-0.1, -0.05) is 6.08 Å². The van der Waals surface area contributed by atoms with E-state index in [4.69, 9.17) is 29.3 Å². The van der Waals surface area contributed by atoms with Crippen LogP contribution in [0.5, 0.6) is 0 Å². The third kappa shape index (κ3) is 22.1. The highest BCUT2D eigenvalue weighted by Crippen LogP contribution is 2.33. The lowest BCUT2D eigenvalue weighted by Gasteiger charge is -2.26. The van der Waals surface area contributed by atoms with Crippen LogP contribution in [-0.4, -0.2) is 132 Å². The fourth-order valence-electron chi connectivity index (χ4n) is 2.41. The lowest BCUT2D eigenvalue weighted by molar-refractivity contribution is -0.518. The molecular weight excluding hydrogens is 568 g/mol. The highest BCUT2D eigenvalue weighted by Gasteiger charge is 2.52. The zero-order valence-corrected chi connectivity index (χ0v) is 21.5. The van der Waals surface area contributed by atoms with Crippen LogP contribution in [0, 0.1) is 17.2 Å². The molecule has 40 heavy (non-hydrogen) atoms. The van der Waals surface area contributed by atoms with Gasteiger partial charge in [0.25, 0.3) is 0 Å². The molecule has 0 radical (unpaired) electrons. The van der Waals surface area contributed by atoms with Crippen molar-refractivity contribution in [3.8, 4) is 6.07 Å². The first-order valence-electron chi connectivity index (χ1n) is 11.7. The number of aliphatic hydroxyl groups excluding tert-OH is 3. The summed E-state index contributed by atoms with van der Waals surface area (Å²) in [6.07, 6.45) is -16.0. The van der Waals surface area contributed by atoms with Gasteiger partial charge in [0.2, 0.25) is 0 Å². The van der Waals surface area contributed by atoms with Crippen LogP contribution >= 0.6 is 0 Å². The Labute approximate surface area is 226 Å². The molecule has 0 fully saturated rings. The van der Waals surface area contributed by atoms with E-state index in [9.17, 15) is 36.6 Å². The van der Waals surface area contributed by atoms with Crippen molar-refractivity contribution in [1.29, 1.82) is 5.26 Å². The molecule has 0 saturated carbocycles. The number of halogens is 6. The van der Waals surface area contributed by atoms with Crippen molar-refractivity contribution in [1.82, 2.24) is 0 Å². The molecule has 3 atom stereocenters. The molecule has 0 bridgehead atoms. The lowest BCUT2D eigenvalue weighted by atomic mass is 10.2. The molecule has 3 unspecified atom stereocenters. The van der Waals surface area contributed by atoms with Crippen molar-refractivity contribution >= 4 is 0 Å². The highest BCUT2D eigenvalue weighted by molar-refractivity contribution is 4.82. The molecule has 3 N–H and O–H groups in total. The van der Waals surface area contributed by atoms with Crippen LogP contribution in [0.2, 0.25) is 0 Å². The molecule has 0 spiro atoms. The molecule has 236 valence electrons. The Morgan fingerprint density at radius 3 is 1.73 bits per heavy atom. The molecule has 0 aliphatic rings. The van der Waals surface area contributed by atoms with Crippen LogP contribution in [0.1, 0.15) is 0 Å². The lowest BCUT2D eigenvalue weighted by Crippen LogP contribution is -2.44. The van der Waals surface area contributed by atoms with Crippen molar-refractivity contribution in [3.05, 3.63) is 12.7 Å². The highest BCUT2D eigenvalue weighted by atomic mass is 19.3. The second kappa shape index (κ2) is 21.1. The van der Waals surface area contributed by atoms with Crippen LogP contribution < -0.4 is 0 Å². The molecule has 0 saturated heterocycles. The van der Waals surface area contributed by atoms with Crippen molar-refractivity contribution < 1.29 is 79.6 Å². The minimum Gasteiger partial charge on any atom is -0.394 e. The standard InChI is InChI=1S/C22H35F6NO11/c1-2-4-33-9-17(8-29)10-37-13-18(31)12-35-6-7-36-15-20(23,24)39-22(27,28)40-21(25,26)16-38-14-19(32)11-34-5-3-30/h2,17-19,30-32H,1,3-7,9-16H2. The number of aliphatic hydroxyl groups is 3. The number of alkyl halides is 6. The van der Waals surface area contributed by atoms with E-state index >= 15 is 0 Å². The Hall–Kier alpha value is -1.63. The van der Waals surface area contributed by atoms with Gasteiger partial charge in [-0.3, -0.25) is 0 Å². The fourth-order valence-corrected chi connectivity index (χ4v) is 2.41. The Morgan fingerprint density at radius 1 is 0.700 bits per heavy atom. The molecule has 12 nitrogen and oxygen atoms in total. The van der Waals surface area contributed by atoms with Crippen LogP contribution in [0.4, 0.5) is 26.3 Å². The van der Waals surface area contributed by atoms with Crippen LogP contribution in [0.15, 0.2) is 12.7 Å². The number of hydrogen-bond acceptors (Lipinski definition) is 12. The zero-order chi connectivity index (χ0) is 30.5. The molecule has 0 aromatic rings. The Kier molecular flexibility index (Phi) is 20.3. The third-order valence-electron chi connectivity index (χ3n) is 3.98. The second-order valence-corrected chi connectivity index (χ2v) is 7.88. The van der Waals surface area contributed by atoms with Gasteiger partial charge in [-0.15, -0.1) is 15.4 Å². The van der Waals surface area contributed by atoms with Gasteiger partial charge in [-0.05, 0) is 0 Å². The predicted molar refractivity (Wildman–Crippen MR) is 120 cm³/mol. The smallest absolute Gasteiger partial charge is 0.394 e. The minimum atomic E-state index is -5.45. The van der Waals surface area contributed by atoms with Crippen molar-refractivity contribution in [2.24, 2.45) is 5.92 Å². The SMILES string of the molecule is C=CCOCC(C#N)COCC(O)COCCOCC(F)(F)OC(F)(F)OC(F)(F)COCC(O)COCCO. The minimum absolute atomic E-state index is 0.0269. The van der Waals surface area contributed by atoms with E-state index in [1.165, 1.54) is 6.08 Å². The normalized spacial score (nSPS) is 15.0. The maximum absolute atomic E-state index is 13.6.